The van der Waals surface area contributed by atoms with Crippen molar-refractivity contribution in [2.45, 2.75) is 27.7 Å². The minimum atomic E-state index is -3.94. The van der Waals surface area contributed by atoms with Gasteiger partial charge in [0.15, 0.2) is 5.70 Å². The van der Waals surface area contributed by atoms with Crippen LogP contribution in [0.25, 0.3) is 15.8 Å². The third kappa shape index (κ3) is 2.06. The van der Waals surface area contributed by atoms with E-state index in [0.717, 1.165) is 31.9 Å². The second kappa shape index (κ2) is 5.26. The summed E-state index contributed by atoms with van der Waals surface area (Å²) < 4.78 is 34.7. The monoisotopic (exact) mass is 381 g/mol. The Morgan fingerprint density at radius 1 is 1.11 bits per heavy atom. The summed E-state index contributed by atoms with van der Waals surface area (Å²) >= 11 is 1.55. The zero-order chi connectivity index (χ0) is 19.1. The van der Waals surface area contributed by atoms with Gasteiger partial charge in [-0.2, -0.15) is 0 Å². The highest BCUT2D eigenvalue weighted by molar-refractivity contribution is 7.19. The number of allylic oxidation sites excluding steroid dienone is 2. The number of halogens is 2. The van der Waals surface area contributed by atoms with Crippen LogP contribution in [-0.4, -0.2) is 26.6 Å². The van der Waals surface area contributed by atoms with Crippen LogP contribution in [0.2, 0.25) is 0 Å². The Hall–Kier alpha value is -2.54. The molecule has 0 spiro atoms. The molecule has 4 heterocycles. The Morgan fingerprint density at radius 2 is 1.85 bits per heavy atom. The molecule has 3 aromatic rings. The van der Waals surface area contributed by atoms with Crippen molar-refractivity contribution >= 4 is 39.8 Å². The van der Waals surface area contributed by atoms with E-state index >= 15 is 8.63 Å². The molecule has 2 aliphatic rings. The fraction of sp³-hybridized carbons (Fsp3) is 0.200. The summed E-state index contributed by atoms with van der Waals surface area (Å²) in [6.45, 7) is 3.36. The minimum Gasteiger partial charge on any atom is -0.393 e. The van der Waals surface area contributed by atoms with Crippen molar-refractivity contribution in [3.05, 3.63) is 69.6 Å². The first kappa shape index (κ1) is 16.6. The molecule has 5 rings (SSSR count). The predicted octanol–water partition coefficient (Wildman–Crippen LogP) is 5.14. The molecule has 0 saturated heterocycles. The number of aromatic nitrogens is 2. The number of benzene rings is 1. The third-order valence-corrected chi connectivity index (χ3v) is 6.50. The second-order valence-corrected chi connectivity index (χ2v) is 8.36. The molecule has 0 bridgehead atoms. The molecule has 0 atom stereocenters. The highest BCUT2D eigenvalue weighted by atomic mass is 32.1. The highest BCUT2D eigenvalue weighted by Gasteiger charge is 2.55. The van der Waals surface area contributed by atoms with Gasteiger partial charge in [-0.05, 0) is 50.2 Å². The van der Waals surface area contributed by atoms with Crippen LogP contribution in [0.1, 0.15) is 35.8 Å². The van der Waals surface area contributed by atoms with E-state index in [9.17, 15) is 0 Å². The van der Waals surface area contributed by atoms with Crippen molar-refractivity contribution in [3.8, 4) is 0 Å². The summed E-state index contributed by atoms with van der Waals surface area (Å²) in [5.41, 5.74) is 5.73. The Kier molecular flexibility index (Phi) is 3.24. The molecule has 0 radical (unpaired) electrons. The topological polar surface area (TPSA) is 20.8 Å². The number of rotatable bonds is 1. The lowest BCUT2D eigenvalue weighted by Gasteiger charge is -2.33. The van der Waals surface area contributed by atoms with E-state index in [-0.39, 0.29) is 0 Å². The Bertz CT molecular complexity index is 1210. The van der Waals surface area contributed by atoms with Crippen LogP contribution >= 0.6 is 11.3 Å². The predicted molar refractivity (Wildman–Crippen MR) is 108 cm³/mol. The molecule has 0 saturated carbocycles. The second-order valence-electron chi connectivity index (χ2n) is 7.32. The van der Waals surface area contributed by atoms with E-state index in [0.29, 0.717) is 22.8 Å². The molecule has 1 aromatic carbocycles. The van der Waals surface area contributed by atoms with E-state index in [1.54, 1.807) is 25.2 Å². The van der Waals surface area contributed by atoms with E-state index in [2.05, 4.69) is 0 Å². The normalized spacial score (nSPS) is 18.2. The Morgan fingerprint density at radius 3 is 2.59 bits per heavy atom. The van der Waals surface area contributed by atoms with Crippen LogP contribution in [0.5, 0.6) is 0 Å². The largest absolute Gasteiger partial charge is 0.737 e. The van der Waals surface area contributed by atoms with Crippen LogP contribution in [0.4, 0.5) is 8.63 Å². The first-order chi connectivity index (χ1) is 12.8. The zero-order valence-corrected chi connectivity index (χ0v) is 16.4. The summed E-state index contributed by atoms with van der Waals surface area (Å²) in [6, 6.07) is 9.75. The fourth-order valence-electron chi connectivity index (χ4n) is 4.48. The zero-order valence-electron chi connectivity index (χ0n) is 15.5. The van der Waals surface area contributed by atoms with Crippen LogP contribution in [0.3, 0.4) is 0 Å². The molecule has 2 aromatic heterocycles. The number of aryl methyl sites for hydroxylation is 2. The fourth-order valence-corrected chi connectivity index (χ4v) is 5.49. The van der Waals surface area contributed by atoms with Crippen molar-refractivity contribution in [2.24, 2.45) is 0 Å². The summed E-state index contributed by atoms with van der Waals surface area (Å²) in [5, 5.41) is 0.785. The maximum absolute atomic E-state index is 15.6. The third-order valence-electron chi connectivity index (χ3n) is 5.44. The van der Waals surface area contributed by atoms with Crippen molar-refractivity contribution in [3.63, 3.8) is 0 Å². The van der Waals surface area contributed by atoms with Gasteiger partial charge in [0.25, 0.3) is 0 Å². The van der Waals surface area contributed by atoms with Gasteiger partial charge in [-0.25, -0.2) is 4.98 Å². The molecular formula is C20H18BF2N3S. The van der Waals surface area contributed by atoms with Crippen molar-refractivity contribution < 1.29 is 13.1 Å². The van der Waals surface area contributed by atoms with Crippen LogP contribution < -0.4 is 0 Å². The summed E-state index contributed by atoms with van der Waals surface area (Å²) in [7, 11) is 0. The molecule has 2 aliphatic heterocycles. The van der Waals surface area contributed by atoms with Gasteiger partial charge < -0.3 is 17.6 Å². The van der Waals surface area contributed by atoms with Gasteiger partial charge >= 0.3 is 6.97 Å². The average molecular weight is 381 g/mol. The lowest BCUT2D eigenvalue weighted by atomic mass is 9.86. The van der Waals surface area contributed by atoms with Gasteiger partial charge in [0.05, 0.1) is 15.8 Å². The molecular weight excluding hydrogens is 363 g/mol. The quantitative estimate of drug-likeness (QED) is 0.535. The lowest BCUT2D eigenvalue weighted by Crippen LogP contribution is -2.51. The Labute approximate surface area is 160 Å². The van der Waals surface area contributed by atoms with Crippen LogP contribution in [0, 0.1) is 13.8 Å². The lowest BCUT2D eigenvalue weighted by molar-refractivity contribution is -0.363. The average Bonchev–Trinajstić information content (AvgIpc) is 3.23. The molecule has 27 heavy (non-hydrogen) atoms. The first-order valence-electron chi connectivity index (χ1n) is 8.93. The molecule has 0 unspecified atom stereocenters. The van der Waals surface area contributed by atoms with E-state index in [1.807, 2.05) is 50.3 Å². The summed E-state index contributed by atoms with van der Waals surface area (Å²) in [6.07, 6.45) is 1.84. The number of hydrogen-bond donors (Lipinski definition) is 0. The standard InChI is InChI=1S/C20H18BF2N3S/c1-11-9-13(3)25-18(11)17(20-24-15-7-5-6-8-16(15)27-20)19-12(2)10-14(4)26(19)21(25,22)23/h5-10H,1-4H3. The Balaban J connectivity index is 1.94. The van der Waals surface area contributed by atoms with Crippen molar-refractivity contribution in [2.75, 3.05) is 0 Å². The number of para-hydroxylation sites is 1. The molecule has 0 aliphatic carbocycles. The smallest absolute Gasteiger partial charge is 0.393 e. The number of hydrogen-bond acceptors (Lipinski definition) is 2. The van der Waals surface area contributed by atoms with E-state index < -0.39 is 6.97 Å². The van der Waals surface area contributed by atoms with Crippen molar-refractivity contribution in [1.29, 1.82) is 0 Å². The molecule has 136 valence electrons. The van der Waals surface area contributed by atoms with Gasteiger partial charge in [0.1, 0.15) is 10.7 Å². The molecule has 7 heteroatoms. The highest BCUT2D eigenvalue weighted by Crippen LogP contribution is 2.45. The first-order valence-corrected chi connectivity index (χ1v) is 9.75. The number of nitrogens with zero attached hydrogens (tertiary/aromatic N) is 3. The van der Waals surface area contributed by atoms with E-state index in [1.165, 1.54) is 8.96 Å². The minimum absolute atomic E-state index is 0.572. The van der Waals surface area contributed by atoms with Gasteiger partial charge in [0.2, 0.25) is 0 Å². The van der Waals surface area contributed by atoms with Crippen molar-refractivity contribution in [1.82, 2.24) is 9.46 Å². The molecule has 0 fully saturated rings. The summed E-state index contributed by atoms with van der Waals surface area (Å²) in [5.74, 6) is 0. The molecule has 0 N–H and O–H groups in total. The van der Waals surface area contributed by atoms with Gasteiger partial charge in [-0.3, -0.25) is 0 Å². The maximum atomic E-state index is 15.6. The molecule has 0 amide bonds. The number of fused-ring (bicyclic) bond motifs is 3. The summed E-state index contributed by atoms with van der Waals surface area (Å²) in [4.78, 5) is 4.80. The van der Waals surface area contributed by atoms with Gasteiger partial charge in [-0.15, -0.1) is 11.3 Å². The number of thiazole rings is 1. The SMILES string of the molecule is CC1=CC(C)=[N+]2C1=C(c1nc3ccccc3s1)c1c(C)cc(C)n1[B-]2(F)F. The maximum Gasteiger partial charge on any atom is 0.737 e. The van der Waals surface area contributed by atoms with Crippen LogP contribution in [0.15, 0.2) is 47.7 Å². The molecule has 3 nitrogen and oxygen atoms in total. The van der Waals surface area contributed by atoms with E-state index in [4.69, 9.17) is 4.98 Å². The van der Waals surface area contributed by atoms with Crippen LogP contribution in [-0.2, 0) is 0 Å². The van der Waals surface area contributed by atoms with Gasteiger partial charge in [-0.1, -0.05) is 12.1 Å². The van der Waals surface area contributed by atoms with Gasteiger partial charge in [0, 0.05) is 24.3 Å².